The second-order valence-corrected chi connectivity index (χ2v) is 6.29. The zero-order valence-electron chi connectivity index (χ0n) is 12.2. The zero-order chi connectivity index (χ0) is 15.2. The summed E-state index contributed by atoms with van der Waals surface area (Å²) < 4.78 is 7.02. The molecule has 0 fully saturated rings. The highest BCUT2D eigenvalue weighted by Gasteiger charge is 2.09. The summed E-state index contributed by atoms with van der Waals surface area (Å²) in [5.74, 6) is 1.51. The molecule has 0 saturated carbocycles. The summed E-state index contributed by atoms with van der Waals surface area (Å²) in [6, 6.07) is 11.8. The van der Waals surface area contributed by atoms with E-state index in [-0.39, 0.29) is 0 Å². The first-order chi connectivity index (χ1) is 10.1. The SMILES string of the molecule is CCCNCc1ccc(Br)cc1Oc1cc(C)ccc1Cl. The molecule has 0 radical (unpaired) electrons. The lowest BCUT2D eigenvalue weighted by atomic mass is 10.2. The lowest BCUT2D eigenvalue weighted by Gasteiger charge is -2.14. The van der Waals surface area contributed by atoms with E-state index in [2.05, 4.69) is 34.2 Å². The van der Waals surface area contributed by atoms with E-state index in [4.69, 9.17) is 16.3 Å². The molecule has 0 atom stereocenters. The predicted octanol–water partition coefficient (Wildman–Crippen LogP) is 5.70. The summed E-state index contributed by atoms with van der Waals surface area (Å²) >= 11 is 9.70. The maximum Gasteiger partial charge on any atom is 0.146 e. The first kappa shape index (κ1) is 16.3. The average Bonchev–Trinajstić information content (AvgIpc) is 2.45. The number of nitrogens with one attached hydrogen (secondary N) is 1. The van der Waals surface area contributed by atoms with E-state index in [0.717, 1.165) is 40.9 Å². The van der Waals surface area contributed by atoms with Crippen molar-refractivity contribution in [1.29, 1.82) is 0 Å². The van der Waals surface area contributed by atoms with Gasteiger partial charge in [0.25, 0.3) is 0 Å². The normalized spacial score (nSPS) is 10.7. The third kappa shape index (κ3) is 4.73. The summed E-state index contributed by atoms with van der Waals surface area (Å²) in [5, 5.41) is 4.01. The molecule has 0 amide bonds. The highest BCUT2D eigenvalue weighted by molar-refractivity contribution is 9.10. The fourth-order valence-corrected chi connectivity index (χ4v) is 2.47. The summed E-state index contributed by atoms with van der Waals surface area (Å²) in [6.45, 7) is 5.94. The van der Waals surface area contributed by atoms with Gasteiger partial charge >= 0.3 is 0 Å². The first-order valence-corrected chi connectivity index (χ1v) is 8.20. The third-order valence-electron chi connectivity index (χ3n) is 3.08. The Morgan fingerprint density at radius 1 is 1.14 bits per heavy atom. The highest BCUT2D eigenvalue weighted by atomic mass is 79.9. The zero-order valence-corrected chi connectivity index (χ0v) is 14.6. The van der Waals surface area contributed by atoms with Crippen molar-refractivity contribution in [1.82, 2.24) is 5.32 Å². The summed E-state index contributed by atoms with van der Waals surface area (Å²) in [5.41, 5.74) is 2.24. The average molecular weight is 369 g/mol. The van der Waals surface area contributed by atoms with Crippen LogP contribution in [0.2, 0.25) is 5.02 Å². The summed E-state index contributed by atoms with van der Waals surface area (Å²) in [7, 11) is 0. The quantitative estimate of drug-likeness (QED) is 0.660. The van der Waals surface area contributed by atoms with Crippen LogP contribution in [0.3, 0.4) is 0 Å². The maximum atomic E-state index is 6.21. The molecule has 2 nitrogen and oxygen atoms in total. The second kappa shape index (κ2) is 7.83. The fraction of sp³-hybridized carbons (Fsp3) is 0.294. The lowest BCUT2D eigenvalue weighted by molar-refractivity contribution is 0.472. The molecule has 0 aliphatic heterocycles. The molecule has 0 heterocycles. The van der Waals surface area contributed by atoms with Crippen LogP contribution in [0.1, 0.15) is 24.5 Å². The van der Waals surface area contributed by atoms with Crippen LogP contribution < -0.4 is 10.1 Å². The Balaban J connectivity index is 2.25. The van der Waals surface area contributed by atoms with Crippen molar-refractivity contribution in [2.24, 2.45) is 0 Å². The molecule has 0 saturated heterocycles. The van der Waals surface area contributed by atoms with Crippen LogP contribution in [0.15, 0.2) is 40.9 Å². The van der Waals surface area contributed by atoms with Crippen molar-refractivity contribution in [3.05, 3.63) is 57.0 Å². The van der Waals surface area contributed by atoms with Crippen LogP contribution in [0.25, 0.3) is 0 Å². The van der Waals surface area contributed by atoms with Crippen molar-refractivity contribution in [3.8, 4) is 11.5 Å². The molecular weight excluding hydrogens is 350 g/mol. The van der Waals surface area contributed by atoms with Gasteiger partial charge in [-0.1, -0.05) is 46.6 Å². The Hall–Kier alpha value is -1.03. The van der Waals surface area contributed by atoms with Crippen molar-refractivity contribution in [2.75, 3.05) is 6.54 Å². The fourth-order valence-electron chi connectivity index (χ4n) is 1.98. The van der Waals surface area contributed by atoms with Gasteiger partial charge in [0.2, 0.25) is 0 Å². The molecule has 2 aromatic carbocycles. The molecule has 0 unspecified atom stereocenters. The van der Waals surface area contributed by atoms with Gasteiger partial charge in [-0.05, 0) is 49.7 Å². The Bertz CT molecular complexity index is 616. The minimum atomic E-state index is 0.619. The van der Waals surface area contributed by atoms with E-state index in [1.807, 2.05) is 37.3 Å². The van der Waals surface area contributed by atoms with E-state index in [1.165, 1.54) is 0 Å². The van der Waals surface area contributed by atoms with Gasteiger partial charge < -0.3 is 10.1 Å². The van der Waals surface area contributed by atoms with Crippen LogP contribution >= 0.6 is 27.5 Å². The molecule has 0 bridgehead atoms. The largest absolute Gasteiger partial charge is 0.455 e. The van der Waals surface area contributed by atoms with Crippen LogP contribution in [-0.2, 0) is 6.54 Å². The van der Waals surface area contributed by atoms with Gasteiger partial charge in [0.1, 0.15) is 11.5 Å². The van der Waals surface area contributed by atoms with Gasteiger partial charge in [-0.25, -0.2) is 0 Å². The molecular formula is C17H19BrClNO. The number of halogens is 2. The van der Waals surface area contributed by atoms with E-state index in [0.29, 0.717) is 10.8 Å². The molecule has 0 aliphatic carbocycles. The van der Waals surface area contributed by atoms with Crippen LogP contribution in [0, 0.1) is 6.92 Å². The van der Waals surface area contributed by atoms with E-state index in [9.17, 15) is 0 Å². The van der Waals surface area contributed by atoms with E-state index >= 15 is 0 Å². The third-order valence-corrected chi connectivity index (χ3v) is 3.88. The monoisotopic (exact) mass is 367 g/mol. The molecule has 0 spiro atoms. The molecule has 1 N–H and O–H groups in total. The Kier molecular flexibility index (Phi) is 6.09. The molecule has 2 rings (SSSR count). The van der Waals surface area contributed by atoms with Gasteiger partial charge in [0.05, 0.1) is 5.02 Å². The summed E-state index contributed by atoms with van der Waals surface area (Å²) in [4.78, 5) is 0. The van der Waals surface area contributed by atoms with Crippen molar-refractivity contribution in [2.45, 2.75) is 26.8 Å². The van der Waals surface area contributed by atoms with Gasteiger partial charge in [-0.15, -0.1) is 0 Å². The topological polar surface area (TPSA) is 21.3 Å². The lowest BCUT2D eigenvalue weighted by Crippen LogP contribution is -2.14. The smallest absolute Gasteiger partial charge is 0.146 e. The van der Waals surface area contributed by atoms with Gasteiger partial charge in [-0.3, -0.25) is 0 Å². The molecule has 21 heavy (non-hydrogen) atoms. The minimum absolute atomic E-state index is 0.619. The number of ether oxygens (including phenoxy) is 1. The first-order valence-electron chi connectivity index (χ1n) is 7.03. The van der Waals surface area contributed by atoms with Crippen molar-refractivity contribution in [3.63, 3.8) is 0 Å². The molecule has 112 valence electrons. The number of rotatable bonds is 6. The molecule has 4 heteroatoms. The van der Waals surface area contributed by atoms with Crippen LogP contribution in [0.5, 0.6) is 11.5 Å². The number of hydrogen-bond donors (Lipinski definition) is 1. The maximum absolute atomic E-state index is 6.21. The van der Waals surface area contributed by atoms with E-state index in [1.54, 1.807) is 0 Å². The summed E-state index contributed by atoms with van der Waals surface area (Å²) in [6.07, 6.45) is 1.11. The predicted molar refractivity (Wildman–Crippen MR) is 92.4 cm³/mol. The molecule has 0 aliphatic rings. The molecule has 0 aromatic heterocycles. The van der Waals surface area contributed by atoms with Crippen LogP contribution in [0.4, 0.5) is 0 Å². The highest BCUT2D eigenvalue weighted by Crippen LogP contribution is 2.33. The van der Waals surface area contributed by atoms with Crippen molar-refractivity contribution >= 4 is 27.5 Å². The standard InChI is InChI=1S/C17H19BrClNO/c1-3-8-20-11-13-5-6-14(18)10-16(13)21-17-9-12(2)4-7-15(17)19/h4-7,9-10,20H,3,8,11H2,1-2H3. The van der Waals surface area contributed by atoms with E-state index < -0.39 is 0 Å². The Labute approximate surface area is 139 Å². The van der Waals surface area contributed by atoms with Gasteiger partial charge in [-0.2, -0.15) is 0 Å². The minimum Gasteiger partial charge on any atom is -0.455 e. The Morgan fingerprint density at radius 2 is 1.95 bits per heavy atom. The molecule has 2 aromatic rings. The number of aryl methyl sites for hydroxylation is 1. The number of hydrogen-bond acceptors (Lipinski definition) is 2. The number of benzene rings is 2. The second-order valence-electron chi connectivity index (χ2n) is 4.96. The Morgan fingerprint density at radius 3 is 2.71 bits per heavy atom. The van der Waals surface area contributed by atoms with Gasteiger partial charge in [0.15, 0.2) is 0 Å². The van der Waals surface area contributed by atoms with Crippen LogP contribution in [-0.4, -0.2) is 6.54 Å². The van der Waals surface area contributed by atoms with Gasteiger partial charge in [0, 0.05) is 16.6 Å². The van der Waals surface area contributed by atoms with Crippen molar-refractivity contribution < 1.29 is 4.74 Å².